The summed E-state index contributed by atoms with van der Waals surface area (Å²) in [5.74, 6) is 0.372. The molecule has 0 saturated heterocycles. The largest absolute Gasteiger partial charge is 1.00 e. The van der Waals surface area contributed by atoms with Crippen molar-refractivity contribution >= 4 is 12.3 Å². The summed E-state index contributed by atoms with van der Waals surface area (Å²) in [6.07, 6.45) is -2.64. The van der Waals surface area contributed by atoms with Gasteiger partial charge in [-0.05, 0) is 86.6 Å². The molecule has 0 spiro atoms. The Balaban J connectivity index is 0.000000303. The first kappa shape index (κ1) is 49.1. The van der Waals surface area contributed by atoms with E-state index in [1.165, 1.54) is 12.4 Å². The van der Waals surface area contributed by atoms with Crippen molar-refractivity contribution in [3.63, 3.8) is 0 Å². The molecule has 0 saturated carbocycles. The van der Waals surface area contributed by atoms with Crippen LogP contribution in [0.3, 0.4) is 0 Å². The molecular formula is C40H35F6KN6O7. The third kappa shape index (κ3) is 13.6. The monoisotopic (exact) mass is 864 g/mol. The molecule has 13 nitrogen and oxygen atoms in total. The summed E-state index contributed by atoms with van der Waals surface area (Å²) in [5.41, 5.74) is 0.227. The molecule has 6 rings (SSSR count). The van der Waals surface area contributed by atoms with Crippen LogP contribution in [0.5, 0.6) is 11.5 Å². The van der Waals surface area contributed by atoms with Gasteiger partial charge in [-0.25, -0.2) is 9.97 Å². The van der Waals surface area contributed by atoms with Gasteiger partial charge < -0.3 is 29.3 Å². The number of nitrogens with one attached hydrogen (secondary N) is 2. The number of imidazole rings is 2. The van der Waals surface area contributed by atoms with Crippen LogP contribution in [0, 0.1) is 20.8 Å². The van der Waals surface area contributed by atoms with E-state index in [1.54, 1.807) is 88.4 Å². The first-order valence-electron chi connectivity index (χ1n) is 17.2. The molecule has 3 N–H and O–H groups in total. The number of H-pyrrole nitrogens is 2. The molecule has 4 aromatic heterocycles. The Hall–Kier alpha value is -5.28. The molecule has 0 atom stereocenters. The number of hydrogen-bond acceptors (Lipinski definition) is 10. The standard InChI is InChI=1S/C20H18F3N3O3.C20H17F3N3O2.K.O2/c1-19(2,18(27)28)11-29-14-6-3-12(4-7-14)15-8-5-13(9-24-15)17-25-10-16(26-17)20(21,22)23;1-19(2,11-27)12-28-15-6-3-13(4-7-15)16-8-5-14(9-24-16)18-25-10-17(26-18)20(21,22)23;;1-2/h3-10H,11H2,1-2H3,(H,25,26)(H,27,28);3-10H,12H2,1-2H3,(H,25,26);;/q;-1;+1;. The van der Waals surface area contributed by atoms with Gasteiger partial charge in [0.25, 0.3) is 0 Å². The Kier molecular flexibility index (Phi) is 17.0. The number of aliphatic carboxylic acids is 1. The third-order valence-electron chi connectivity index (χ3n) is 8.19. The van der Waals surface area contributed by atoms with Crippen LogP contribution in [0.4, 0.5) is 26.3 Å². The fraction of sp³-hybridized carbons (Fsp3) is 0.250. The second-order valence-corrected chi connectivity index (χ2v) is 14.0. The molecule has 0 bridgehead atoms. The maximum absolute atomic E-state index is 12.7. The van der Waals surface area contributed by atoms with E-state index in [9.17, 15) is 35.9 Å². The van der Waals surface area contributed by atoms with Gasteiger partial charge in [-0.2, -0.15) is 26.3 Å². The number of nitrogens with zero attached hydrogens (tertiary/aromatic N) is 4. The average molecular weight is 865 g/mol. The minimum absolute atomic E-state index is 0. The fourth-order valence-corrected chi connectivity index (χ4v) is 4.70. The Labute approximate surface area is 381 Å². The second kappa shape index (κ2) is 20.8. The van der Waals surface area contributed by atoms with Crippen LogP contribution >= 0.6 is 0 Å². The van der Waals surface area contributed by atoms with Crippen LogP contribution < -0.4 is 60.9 Å². The van der Waals surface area contributed by atoms with Gasteiger partial charge in [-0.15, -0.1) is 0 Å². The van der Waals surface area contributed by atoms with Crippen LogP contribution in [-0.4, -0.2) is 60.5 Å². The zero-order valence-electron chi connectivity index (χ0n) is 32.6. The maximum Gasteiger partial charge on any atom is 1.00 e. The molecular weight excluding hydrogens is 830 g/mol. The smallest absolute Gasteiger partial charge is 0.541 e. The van der Waals surface area contributed by atoms with E-state index >= 15 is 0 Å². The molecule has 0 aliphatic heterocycles. The van der Waals surface area contributed by atoms with Crippen LogP contribution in [-0.2, 0) is 21.9 Å². The fourth-order valence-electron chi connectivity index (χ4n) is 4.70. The second-order valence-electron chi connectivity index (χ2n) is 14.0. The number of carboxylic acids is 1. The van der Waals surface area contributed by atoms with Gasteiger partial charge in [0.2, 0.25) is 0 Å². The molecule has 0 unspecified atom stereocenters. The van der Waals surface area contributed by atoms with E-state index in [0.717, 1.165) is 23.5 Å². The minimum Gasteiger partial charge on any atom is -0.541 e. The summed E-state index contributed by atoms with van der Waals surface area (Å²) in [6.45, 7) is 6.86. The predicted molar refractivity (Wildman–Crippen MR) is 203 cm³/mol. The summed E-state index contributed by atoms with van der Waals surface area (Å²) in [7, 11) is 0. The number of hydrogen-bond donors (Lipinski definition) is 3. The molecule has 0 aliphatic carbocycles. The number of rotatable bonds is 12. The summed E-state index contributed by atoms with van der Waals surface area (Å²) in [4.78, 5) is 56.5. The molecule has 4 heterocycles. The van der Waals surface area contributed by atoms with Crippen LogP contribution in [0.25, 0.3) is 45.3 Å². The van der Waals surface area contributed by atoms with Crippen molar-refractivity contribution in [2.45, 2.75) is 40.0 Å². The quantitative estimate of drug-likeness (QED) is 0.0702. The van der Waals surface area contributed by atoms with Gasteiger partial charge >= 0.3 is 69.7 Å². The normalized spacial score (nSPS) is 11.5. The van der Waals surface area contributed by atoms with Gasteiger partial charge in [-0.3, -0.25) is 21.0 Å². The molecule has 0 amide bonds. The number of carbonyl (C=O) groups is 1. The summed E-state index contributed by atoms with van der Waals surface area (Å²) < 4.78 is 87.1. The Morgan fingerprint density at radius 3 is 1.27 bits per heavy atom. The molecule has 2 aromatic carbocycles. The van der Waals surface area contributed by atoms with Crippen molar-refractivity contribution in [1.29, 1.82) is 0 Å². The summed E-state index contributed by atoms with van der Waals surface area (Å²) >= 11 is 0. The van der Waals surface area contributed by atoms with Crippen LogP contribution in [0.2, 0.25) is 0 Å². The van der Waals surface area contributed by atoms with Crippen LogP contribution in [0.15, 0.2) is 97.6 Å². The Morgan fingerprint density at radius 1 is 0.600 bits per heavy atom. The maximum atomic E-state index is 12.7. The molecule has 0 fully saturated rings. The van der Waals surface area contributed by atoms with E-state index in [-0.39, 0.29) is 76.2 Å². The topological polar surface area (TPSA) is 190 Å². The van der Waals surface area contributed by atoms with E-state index in [4.69, 9.17) is 24.5 Å². The molecule has 6 aromatic rings. The molecule has 20 heteroatoms. The zero-order chi connectivity index (χ0) is 43.6. The van der Waals surface area contributed by atoms with E-state index in [0.29, 0.717) is 34.0 Å². The number of carbonyl (C=O) groups excluding carboxylic acids is 1. The number of aromatic nitrogens is 6. The Bertz CT molecular complexity index is 2300. The van der Waals surface area contributed by atoms with Crippen molar-refractivity contribution in [1.82, 2.24) is 29.9 Å². The average Bonchev–Trinajstić information content (AvgIpc) is 3.94. The summed E-state index contributed by atoms with van der Waals surface area (Å²) in [6, 6.07) is 20.7. The van der Waals surface area contributed by atoms with Crippen molar-refractivity contribution in [3.8, 4) is 56.8 Å². The molecule has 310 valence electrons. The molecule has 60 heavy (non-hydrogen) atoms. The number of benzene rings is 2. The number of aromatic amines is 2. The number of pyridine rings is 2. The number of halogens is 6. The van der Waals surface area contributed by atoms with Gasteiger partial charge in [-0.1, -0.05) is 19.3 Å². The zero-order valence-corrected chi connectivity index (χ0v) is 35.7. The van der Waals surface area contributed by atoms with Crippen LogP contribution in [0.1, 0.15) is 39.1 Å². The first-order chi connectivity index (χ1) is 27.7. The van der Waals surface area contributed by atoms with Crippen molar-refractivity contribution in [3.05, 3.63) is 119 Å². The van der Waals surface area contributed by atoms with Gasteiger partial charge in [0.05, 0.1) is 35.8 Å². The first-order valence-corrected chi connectivity index (χ1v) is 17.2. The van der Waals surface area contributed by atoms with Crippen molar-refractivity contribution in [2.24, 2.45) is 10.8 Å². The number of ether oxygens (including phenoxy) is 2. The van der Waals surface area contributed by atoms with E-state index < -0.39 is 40.5 Å². The van der Waals surface area contributed by atoms with Crippen molar-refractivity contribution < 1.29 is 102 Å². The van der Waals surface area contributed by atoms with Gasteiger partial charge in [0.1, 0.15) is 41.1 Å². The van der Waals surface area contributed by atoms with E-state index in [1.807, 2.05) is 18.4 Å². The summed E-state index contributed by atoms with van der Waals surface area (Å²) in [5, 5.41) is 9.11. The number of carboxylic acid groups (broad SMARTS) is 1. The molecule has 0 radical (unpaired) electrons. The third-order valence-corrected chi connectivity index (χ3v) is 8.19. The Morgan fingerprint density at radius 2 is 0.967 bits per heavy atom. The van der Waals surface area contributed by atoms with E-state index in [2.05, 4.69) is 29.9 Å². The minimum atomic E-state index is -4.48. The van der Waals surface area contributed by atoms with Gasteiger partial charge in [0, 0.05) is 44.6 Å². The van der Waals surface area contributed by atoms with Gasteiger partial charge in [0.15, 0.2) is 0 Å². The number of alkyl halides is 6. The predicted octanol–water partition coefficient (Wildman–Crippen LogP) is 6.39. The van der Waals surface area contributed by atoms with Crippen molar-refractivity contribution in [2.75, 3.05) is 13.2 Å². The SMILES string of the molecule is CC(C)(COc1ccc(-c2ccc(-c3ncc(C(F)(F)F)[nH]3)cn2)cc1)C(=O)O.CC(C)([C-]=O)COc1ccc(-c2ccc(-c3ncc(C(F)(F)F)[nH]3)cn2)cc1.O=O.[K+]. The molecule has 0 aliphatic rings.